The molecule has 3 rings (SSSR count). The molecule has 3 atom stereocenters. The number of hydrogen-bond donors (Lipinski definition) is 0. The van der Waals surface area contributed by atoms with Gasteiger partial charge in [0.15, 0.2) is 5.78 Å². The van der Waals surface area contributed by atoms with E-state index in [0.29, 0.717) is 6.42 Å². The minimum atomic E-state index is -0.270. The van der Waals surface area contributed by atoms with E-state index in [1.54, 1.807) is 6.08 Å². The molecule has 104 valence electrons. The predicted molar refractivity (Wildman–Crippen MR) is 74.9 cm³/mol. The maximum absolute atomic E-state index is 12.2. The zero-order chi connectivity index (χ0) is 14.3. The van der Waals surface area contributed by atoms with Gasteiger partial charge in [-0.3, -0.25) is 14.5 Å². The van der Waals surface area contributed by atoms with E-state index in [-0.39, 0.29) is 29.8 Å². The summed E-state index contributed by atoms with van der Waals surface area (Å²) in [4.78, 5) is 26.2. The highest BCUT2D eigenvalue weighted by Gasteiger charge is 2.50. The van der Waals surface area contributed by atoms with Crippen LogP contribution in [0.1, 0.15) is 12.0 Å². The van der Waals surface area contributed by atoms with E-state index in [1.807, 2.05) is 42.3 Å². The highest BCUT2D eigenvalue weighted by molar-refractivity contribution is 6.05. The number of ketones is 1. The van der Waals surface area contributed by atoms with E-state index in [1.165, 1.54) is 7.11 Å². The van der Waals surface area contributed by atoms with Crippen molar-refractivity contribution in [3.8, 4) is 0 Å². The smallest absolute Gasteiger partial charge is 0.310 e. The third-order valence-corrected chi connectivity index (χ3v) is 4.34. The number of nitrogens with zero attached hydrogens (tertiary/aromatic N) is 1. The summed E-state index contributed by atoms with van der Waals surface area (Å²) < 4.78 is 4.91. The van der Waals surface area contributed by atoms with Crippen LogP contribution in [0, 0.1) is 5.92 Å². The second-order valence-corrected chi connectivity index (χ2v) is 5.36. The number of esters is 1. The standard InChI is InChI=1S/C16H17NO3/c1-17-13-8-12(16(19)20-2)15(17)11(9-14(13)18)10-6-4-3-5-7-10/h3-7,9,12-13,15H,8H2,1-2H3. The maximum atomic E-state index is 12.2. The summed E-state index contributed by atoms with van der Waals surface area (Å²) in [6, 6.07) is 9.49. The molecule has 0 aromatic heterocycles. The average molecular weight is 271 g/mol. The van der Waals surface area contributed by atoms with Crippen molar-refractivity contribution >= 4 is 17.3 Å². The second-order valence-electron chi connectivity index (χ2n) is 5.36. The molecule has 0 saturated carbocycles. The van der Waals surface area contributed by atoms with Crippen LogP contribution in [0.3, 0.4) is 0 Å². The first-order valence-corrected chi connectivity index (χ1v) is 6.74. The van der Waals surface area contributed by atoms with E-state index >= 15 is 0 Å². The minimum absolute atomic E-state index is 0.0763. The fourth-order valence-corrected chi connectivity index (χ4v) is 3.36. The zero-order valence-corrected chi connectivity index (χ0v) is 11.6. The summed E-state index contributed by atoms with van der Waals surface area (Å²) in [5.74, 6) is -0.428. The van der Waals surface area contributed by atoms with E-state index in [9.17, 15) is 9.59 Å². The van der Waals surface area contributed by atoms with Crippen LogP contribution < -0.4 is 0 Å². The molecule has 2 aliphatic rings. The molecule has 1 fully saturated rings. The van der Waals surface area contributed by atoms with Crippen LogP contribution in [0.4, 0.5) is 0 Å². The first kappa shape index (κ1) is 13.1. The first-order chi connectivity index (χ1) is 9.63. The van der Waals surface area contributed by atoms with Crippen LogP contribution in [0.15, 0.2) is 36.4 Å². The van der Waals surface area contributed by atoms with Crippen molar-refractivity contribution < 1.29 is 14.3 Å². The molecule has 0 aliphatic carbocycles. The van der Waals surface area contributed by atoms with E-state index < -0.39 is 0 Å². The van der Waals surface area contributed by atoms with Gasteiger partial charge >= 0.3 is 5.97 Å². The van der Waals surface area contributed by atoms with E-state index in [2.05, 4.69) is 0 Å². The summed E-state index contributed by atoms with van der Waals surface area (Å²) in [6.07, 6.45) is 2.24. The van der Waals surface area contributed by atoms with Crippen LogP contribution >= 0.6 is 0 Å². The SMILES string of the molecule is COC(=O)C1CC2C(=O)C=C(c3ccccc3)C1N2C. The molecule has 0 amide bonds. The van der Waals surface area contributed by atoms with Gasteiger partial charge in [0.05, 0.1) is 19.1 Å². The molecule has 2 heterocycles. The Morgan fingerprint density at radius 1 is 1.30 bits per heavy atom. The van der Waals surface area contributed by atoms with E-state index in [0.717, 1.165) is 11.1 Å². The summed E-state index contributed by atoms with van der Waals surface area (Å²) in [5.41, 5.74) is 1.91. The predicted octanol–water partition coefficient (Wildman–Crippen LogP) is 1.51. The Labute approximate surface area is 118 Å². The molecule has 1 aromatic carbocycles. The van der Waals surface area contributed by atoms with Crippen molar-refractivity contribution in [2.24, 2.45) is 5.92 Å². The number of carbonyl (C=O) groups is 2. The van der Waals surface area contributed by atoms with Crippen LogP contribution in [0.25, 0.3) is 5.57 Å². The molecular formula is C16H17NO3. The normalized spacial score (nSPS) is 29.2. The molecule has 1 aromatic rings. The fraction of sp³-hybridized carbons (Fsp3) is 0.375. The summed E-state index contributed by atoms with van der Waals surface area (Å²) in [6.45, 7) is 0. The van der Waals surface area contributed by atoms with Crippen LogP contribution in [0.5, 0.6) is 0 Å². The van der Waals surface area contributed by atoms with Gasteiger partial charge < -0.3 is 4.74 Å². The summed E-state index contributed by atoms with van der Waals surface area (Å²) >= 11 is 0. The maximum Gasteiger partial charge on any atom is 0.310 e. The molecule has 20 heavy (non-hydrogen) atoms. The molecule has 0 spiro atoms. The Morgan fingerprint density at radius 3 is 2.65 bits per heavy atom. The number of fused-ring (bicyclic) bond motifs is 2. The number of methoxy groups -OCH3 is 1. The van der Waals surface area contributed by atoms with Crippen LogP contribution in [-0.2, 0) is 14.3 Å². The van der Waals surface area contributed by atoms with Gasteiger partial charge in [-0.1, -0.05) is 30.3 Å². The lowest BCUT2D eigenvalue weighted by Crippen LogP contribution is -2.43. The summed E-state index contributed by atoms with van der Waals surface area (Å²) in [5, 5.41) is 0. The Balaban J connectivity index is 2.05. The molecule has 1 saturated heterocycles. The highest BCUT2D eigenvalue weighted by Crippen LogP contribution is 2.41. The third-order valence-electron chi connectivity index (χ3n) is 4.34. The van der Waals surface area contributed by atoms with Crippen molar-refractivity contribution in [2.75, 3.05) is 14.2 Å². The monoisotopic (exact) mass is 271 g/mol. The molecule has 4 nitrogen and oxygen atoms in total. The van der Waals surface area contributed by atoms with Gasteiger partial charge in [0, 0.05) is 6.04 Å². The molecule has 3 unspecified atom stereocenters. The van der Waals surface area contributed by atoms with Crippen LogP contribution in [0.2, 0.25) is 0 Å². The number of benzene rings is 1. The van der Waals surface area contributed by atoms with Gasteiger partial charge in [0.25, 0.3) is 0 Å². The fourth-order valence-electron chi connectivity index (χ4n) is 3.36. The number of likely N-dealkylation sites (N-methyl/N-ethyl adjacent to an activating group) is 1. The summed E-state index contributed by atoms with van der Waals surface area (Å²) in [7, 11) is 3.31. The topological polar surface area (TPSA) is 46.6 Å². The van der Waals surface area contributed by atoms with Crippen molar-refractivity contribution in [1.29, 1.82) is 0 Å². The van der Waals surface area contributed by atoms with Crippen molar-refractivity contribution in [3.05, 3.63) is 42.0 Å². The Morgan fingerprint density at radius 2 is 2.00 bits per heavy atom. The number of hydrogen-bond acceptors (Lipinski definition) is 4. The molecule has 0 radical (unpaired) electrons. The Kier molecular flexibility index (Phi) is 3.18. The Hall–Kier alpha value is -1.94. The van der Waals surface area contributed by atoms with Gasteiger partial charge in [-0.15, -0.1) is 0 Å². The third kappa shape index (κ3) is 1.88. The van der Waals surface area contributed by atoms with Gasteiger partial charge in [-0.25, -0.2) is 0 Å². The van der Waals surface area contributed by atoms with Crippen molar-refractivity contribution in [1.82, 2.24) is 4.90 Å². The quantitative estimate of drug-likeness (QED) is 0.765. The Bertz CT molecular complexity index is 579. The second kappa shape index (κ2) is 4.87. The molecule has 2 aliphatic heterocycles. The average Bonchev–Trinajstić information content (AvgIpc) is 2.72. The van der Waals surface area contributed by atoms with Gasteiger partial charge in [-0.05, 0) is 30.7 Å². The van der Waals surface area contributed by atoms with Gasteiger partial charge in [0.2, 0.25) is 0 Å². The molecular weight excluding hydrogens is 254 g/mol. The minimum Gasteiger partial charge on any atom is -0.469 e. The number of ether oxygens (including phenoxy) is 1. The molecule has 2 bridgehead atoms. The highest BCUT2D eigenvalue weighted by atomic mass is 16.5. The number of carbonyl (C=O) groups excluding carboxylic acids is 2. The molecule has 0 N–H and O–H groups in total. The molecule has 4 heteroatoms. The first-order valence-electron chi connectivity index (χ1n) is 6.74. The van der Waals surface area contributed by atoms with Crippen LogP contribution in [-0.4, -0.2) is 42.9 Å². The largest absolute Gasteiger partial charge is 0.469 e. The van der Waals surface area contributed by atoms with E-state index in [4.69, 9.17) is 4.74 Å². The van der Waals surface area contributed by atoms with Crippen molar-refractivity contribution in [2.45, 2.75) is 18.5 Å². The zero-order valence-electron chi connectivity index (χ0n) is 11.6. The lowest BCUT2D eigenvalue weighted by Gasteiger charge is -2.32. The van der Waals surface area contributed by atoms with Gasteiger partial charge in [-0.2, -0.15) is 0 Å². The lowest BCUT2D eigenvalue weighted by molar-refractivity contribution is -0.145. The van der Waals surface area contributed by atoms with Gasteiger partial charge in [0.1, 0.15) is 0 Å². The van der Waals surface area contributed by atoms with Crippen molar-refractivity contribution in [3.63, 3.8) is 0 Å². The number of rotatable bonds is 2. The lowest BCUT2D eigenvalue weighted by atomic mass is 9.89.